The van der Waals surface area contributed by atoms with Gasteiger partial charge in [0.1, 0.15) is 5.82 Å². The molecule has 2 rings (SSSR count). The minimum absolute atomic E-state index is 0.267. The molecule has 4 heteroatoms. The van der Waals surface area contributed by atoms with E-state index < -0.39 is 5.82 Å². The first-order valence-corrected chi connectivity index (χ1v) is 4.86. The summed E-state index contributed by atoms with van der Waals surface area (Å²) in [5.74, 6) is -0.423. The number of pyridine rings is 1. The van der Waals surface area contributed by atoms with Crippen molar-refractivity contribution >= 4 is 26.7 Å². The van der Waals surface area contributed by atoms with Crippen molar-refractivity contribution in [3.63, 3.8) is 0 Å². The van der Waals surface area contributed by atoms with E-state index in [-0.39, 0.29) is 5.56 Å². The summed E-state index contributed by atoms with van der Waals surface area (Å²) in [7, 11) is 0. The van der Waals surface area contributed by atoms with Crippen LogP contribution in [0.15, 0.2) is 27.6 Å². The van der Waals surface area contributed by atoms with Gasteiger partial charge in [-0.15, -0.1) is 0 Å². The van der Waals surface area contributed by atoms with Crippen LogP contribution in [-0.4, -0.2) is 4.98 Å². The molecule has 14 heavy (non-hydrogen) atoms. The Morgan fingerprint density at radius 3 is 2.79 bits per heavy atom. The maximum atomic E-state index is 13.2. The molecule has 0 spiro atoms. The quantitative estimate of drug-likeness (QED) is 0.772. The Labute approximate surface area is 87.9 Å². The molecular weight excluding hydrogens is 249 g/mol. The maximum Gasteiger partial charge on any atom is 0.255 e. The predicted molar refractivity (Wildman–Crippen MR) is 57.0 cm³/mol. The average molecular weight is 256 g/mol. The largest absolute Gasteiger partial charge is 0.328 e. The fourth-order valence-corrected chi connectivity index (χ4v) is 1.73. The first-order valence-electron chi connectivity index (χ1n) is 4.06. The van der Waals surface area contributed by atoms with Crippen molar-refractivity contribution in [1.29, 1.82) is 0 Å². The zero-order valence-electron chi connectivity index (χ0n) is 7.40. The number of aromatic amines is 1. The molecule has 2 aromatic rings. The summed E-state index contributed by atoms with van der Waals surface area (Å²) in [6, 6.07) is 2.86. The molecule has 0 atom stereocenters. The molecule has 0 amide bonds. The van der Waals surface area contributed by atoms with Crippen LogP contribution in [0.1, 0.15) is 5.56 Å². The summed E-state index contributed by atoms with van der Waals surface area (Å²) < 4.78 is 13.5. The highest BCUT2D eigenvalue weighted by molar-refractivity contribution is 9.10. The van der Waals surface area contributed by atoms with Gasteiger partial charge in [-0.05, 0) is 45.9 Å². The second-order valence-corrected chi connectivity index (χ2v) is 3.97. The van der Waals surface area contributed by atoms with Crippen molar-refractivity contribution in [2.45, 2.75) is 6.92 Å². The second kappa shape index (κ2) is 3.20. The molecule has 0 saturated carbocycles. The fraction of sp³-hybridized carbons (Fsp3) is 0.100. The lowest BCUT2D eigenvalue weighted by Crippen LogP contribution is -2.06. The smallest absolute Gasteiger partial charge is 0.255 e. The minimum atomic E-state index is -0.423. The van der Waals surface area contributed by atoms with E-state index in [0.29, 0.717) is 9.86 Å². The maximum absolute atomic E-state index is 13.2. The molecule has 72 valence electrons. The Kier molecular flexibility index (Phi) is 2.15. The first kappa shape index (κ1) is 9.40. The number of rotatable bonds is 0. The Bertz CT molecular complexity index is 562. The molecule has 0 fully saturated rings. The van der Waals surface area contributed by atoms with Gasteiger partial charge >= 0.3 is 0 Å². The number of benzene rings is 1. The van der Waals surface area contributed by atoms with Crippen molar-refractivity contribution in [2.24, 2.45) is 0 Å². The zero-order chi connectivity index (χ0) is 10.3. The summed E-state index contributed by atoms with van der Waals surface area (Å²) >= 11 is 3.09. The highest BCUT2D eigenvalue weighted by Crippen LogP contribution is 2.22. The van der Waals surface area contributed by atoms with Crippen LogP contribution in [0, 0.1) is 12.7 Å². The van der Waals surface area contributed by atoms with Crippen molar-refractivity contribution in [3.8, 4) is 0 Å². The van der Waals surface area contributed by atoms with Crippen molar-refractivity contribution in [3.05, 3.63) is 44.5 Å². The number of aromatic nitrogens is 1. The molecule has 0 aliphatic heterocycles. The van der Waals surface area contributed by atoms with Crippen molar-refractivity contribution < 1.29 is 4.39 Å². The first-order chi connectivity index (χ1) is 6.59. The number of halogens is 2. The Morgan fingerprint density at radius 2 is 2.07 bits per heavy atom. The van der Waals surface area contributed by atoms with Gasteiger partial charge in [0.25, 0.3) is 5.56 Å². The number of H-pyrrole nitrogens is 1. The molecular formula is C10H7BrFNO. The number of nitrogens with one attached hydrogen (secondary N) is 1. The highest BCUT2D eigenvalue weighted by atomic mass is 79.9. The summed E-state index contributed by atoms with van der Waals surface area (Å²) in [6.07, 6.45) is 1.62. The average Bonchev–Trinajstić information content (AvgIpc) is 2.15. The molecule has 0 unspecified atom stereocenters. The van der Waals surface area contributed by atoms with Gasteiger partial charge in [-0.1, -0.05) is 0 Å². The summed E-state index contributed by atoms with van der Waals surface area (Å²) in [5.41, 5.74) is 0.650. The van der Waals surface area contributed by atoms with Crippen LogP contribution in [0.2, 0.25) is 0 Å². The lowest BCUT2D eigenvalue weighted by Gasteiger charge is -2.02. The normalized spacial score (nSPS) is 10.8. The molecule has 0 bridgehead atoms. The third-order valence-corrected chi connectivity index (χ3v) is 2.76. The molecule has 0 aliphatic carbocycles. The summed E-state index contributed by atoms with van der Waals surface area (Å²) in [4.78, 5) is 13.9. The predicted octanol–water partition coefficient (Wildman–Crippen LogP) is 2.74. The van der Waals surface area contributed by atoms with Gasteiger partial charge < -0.3 is 4.98 Å². The van der Waals surface area contributed by atoms with Gasteiger partial charge in [0.15, 0.2) is 0 Å². The van der Waals surface area contributed by atoms with E-state index in [1.54, 1.807) is 12.3 Å². The van der Waals surface area contributed by atoms with E-state index in [1.165, 1.54) is 6.07 Å². The van der Waals surface area contributed by atoms with Crippen LogP contribution in [0.3, 0.4) is 0 Å². The molecule has 1 N–H and O–H groups in total. The van der Waals surface area contributed by atoms with Crippen LogP contribution in [0.5, 0.6) is 0 Å². The monoisotopic (exact) mass is 255 g/mol. The van der Waals surface area contributed by atoms with Crippen LogP contribution < -0.4 is 5.56 Å². The fourth-order valence-electron chi connectivity index (χ4n) is 1.39. The zero-order valence-corrected chi connectivity index (χ0v) is 8.98. The molecule has 0 aliphatic rings. The third-order valence-electron chi connectivity index (χ3n) is 2.15. The van der Waals surface area contributed by atoms with E-state index in [4.69, 9.17) is 0 Å². The lowest BCUT2D eigenvalue weighted by atomic mass is 10.1. The van der Waals surface area contributed by atoms with Crippen LogP contribution in [-0.2, 0) is 0 Å². The van der Waals surface area contributed by atoms with Gasteiger partial charge in [-0.3, -0.25) is 4.79 Å². The van der Waals surface area contributed by atoms with Crippen molar-refractivity contribution in [2.75, 3.05) is 0 Å². The lowest BCUT2D eigenvalue weighted by molar-refractivity contribution is 0.623. The summed E-state index contributed by atoms with van der Waals surface area (Å²) in [5, 5.41) is 1.15. The van der Waals surface area contributed by atoms with E-state index in [0.717, 1.165) is 10.9 Å². The van der Waals surface area contributed by atoms with E-state index in [2.05, 4.69) is 20.9 Å². The molecule has 2 nitrogen and oxygen atoms in total. The topological polar surface area (TPSA) is 32.9 Å². The second-order valence-electron chi connectivity index (χ2n) is 3.11. The van der Waals surface area contributed by atoms with Crippen LogP contribution in [0.4, 0.5) is 4.39 Å². The van der Waals surface area contributed by atoms with E-state index in [9.17, 15) is 9.18 Å². The number of fused-ring (bicyclic) bond motifs is 1. The van der Waals surface area contributed by atoms with Crippen LogP contribution in [0.25, 0.3) is 10.8 Å². The molecule has 0 radical (unpaired) electrons. The Morgan fingerprint density at radius 1 is 1.36 bits per heavy atom. The summed E-state index contributed by atoms with van der Waals surface area (Å²) in [6.45, 7) is 1.86. The van der Waals surface area contributed by atoms with Crippen molar-refractivity contribution in [1.82, 2.24) is 4.98 Å². The minimum Gasteiger partial charge on any atom is -0.328 e. The molecule has 1 heterocycles. The molecule has 1 aromatic carbocycles. The number of hydrogen-bond acceptors (Lipinski definition) is 1. The van der Waals surface area contributed by atoms with E-state index in [1.807, 2.05) is 6.92 Å². The number of aryl methyl sites for hydroxylation is 1. The Hall–Kier alpha value is -1.16. The van der Waals surface area contributed by atoms with Gasteiger partial charge in [0.05, 0.1) is 9.86 Å². The van der Waals surface area contributed by atoms with Gasteiger partial charge in [-0.25, -0.2) is 4.39 Å². The highest BCUT2D eigenvalue weighted by Gasteiger charge is 2.06. The SMILES string of the molecule is Cc1c[nH]c(=O)c2cc(F)c(Br)cc12. The molecule has 0 saturated heterocycles. The van der Waals surface area contributed by atoms with Gasteiger partial charge in [0, 0.05) is 6.20 Å². The standard InChI is InChI=1S/C10H7BrFNO/c1-5-4-13-10(14)7-3-9(12)8(11)2-6(5)7/h2-4H,1H3,(H,13,14). The van der Waals surface area contributed by atoms with Gasteiger partial charge in [0.2, 0.25) is 0 Å². The third kappa shape index (κ3) is 1.35. The number of hydrogen-bond donors (Lipinski definition) is 1. The molecule has 1 aromatic heterocycles. The van der Waals surface area contributed by atoms with Crippen LogP contribution >= 0.6 is 15.9 Å². The van der Waals surface area contributed by atoms with E-state index >= 15 is 0 Å². The van der Waals surface area contributed by atoms with Gasteiger partial charge in [-0.2, -0.15) is 0 Å². The Balaban J connectivity index is 3.02.